The van der Waals surface area contributed by atoms with Crippen LogP contribution in [0.3, 0.4) is 0 Å². The number of hydrogen-bond acceptors (Lipinski definition) is 2. The van der Waals surface area contributed by atoms with Crippen molar-refractivity contribution in [2.24, 2.45) is 0 Å². The number of aryl methyl sites for hydroxylation is 1. The summed E-state index contributed by atoms with van der Waals surface area (Å²) >= 11 is 0. The van der Waals surface area contributed by atoms with E-state index in [-0.39, 0.29) is 42.0 Å². The number of hydrogen-bond donors (Lipinski definition) is 1. The molecular formula is C9H9ClN3Na. The van der Waals surface area contributed by atoms with Crippen molar-refractivity contribution >= 4 is 0 Å². The summed E-state index contributed by atoms with van der Waals surface area (Å²) in [6, 6.07) is 8.10. The van der Waals surface area contributed by atoms with Gasteiger partial charge in [-0.05, 0) is 12.5 Å². The second kappa shape index (κ2) is 6.19. The van der Waals surface area contributed by atoms with Gasteiger partial charge in [0.15, 0.2) is 0 Å². The van der Waals surface area contributed by atoms with Crippen LogP contribution in [0, 0.1) is 6.92 Å². The Labute approximate surface area is 111 Å². The Hall–Kier alpha value is -0.350. The van der Waals surface area contributed by atoms with Gasteiger partial charge in [0.25, 0.3) is 0 Å². The maximum absolute atomic E-state index is 4.01. The van der Waals surface area contributed by atoms with Crippen LogP contribution in [-0.2, 0) is 0 Å². The first-order valence-corrected chi connectivity index (χ1v) is 3.80. The molecule has 1 heterocycles. The Kier molecular flexibility index (Phi) is 6.04. The minimum absolute atomic E-state index is 0. The molecule has 0 unspecified atom stereocenters. The van der Waals surface area contributed by atoms with E-state index in [1.165, 1.54) is 5.56 Å². The van der Waals surface area contributed by atoms with Gasteiger partial charge in [-0.3, -0.25) is 0 Å². The first-order valence-electron chi connectivity index (χ1n) is 3.80. The van der Waals surface area contributed by atoms with Crippen LogP contribution in [0.25, 0.3) is 11.3 Å². The van der Waals surface area contributed by atoms with E-state index in [4.69, 9.17) is 0 Å². The maximum Gasteiger partial charge on any atom is 1.00 e. The number of nitrogens with one attached hydrogen (secondary N) is 1. The van der Waals surface area contributed by atoms with Crippen molar-refractivity contribution in [2.45, 2.75) is 6.92 Å². The van der Waals surface area contributed by atoms with Crippen LogP contribution in [-0.4, -0.2) is 15.4 Å². The number of rotatable bonds is 1. The van der Waals surface area contributed by atoms with E-state index in [0.29, 0.717) is 0 Å². The summed E-state index contributed by atoms with van der Waals surface area (Å²) in [7, 11) is 0. The van der Waals surface area contributed by atoms with E-state index < -0.39 is 0 Å². The minimum Gasteiger partial charge on any atom is -1.00 e. The molecule has 1 N–H and O–H groups in total. The topological polar surface area (TPSA) is 41.6 Å². The monoisotopic (exact) mass is 217 g/mol. The molecule has 2 aromatic rings. The largest absolute Gasteiger partial charge is 1.00 e. The summed E-state index contributed by atoms with van der Waals surface area (Å²) < 4.78 is 0. The summed E-state index contributed by atoms with van der Waals surface area (Å²) in [5.74, 6) is 0. The van der Waals surface area contributed by atoms with Crippen LogP contribution in [0.15, 0.2) is 30.5 Å². The van der Waals surface area contributed by atoms with Crippen molar-refractivity contribution in [3.63, 3.8) is 0 Å². The molecular weight excluding hydrogens is 209 g/mol. The van der Waals surface area contributed by atoms with Crippen molar-refractivity contribution in [3.8, 4) is 11.3 Å². The van der Waals surface area contributed by atoms with E-state index in [1.807, 2.05) is 18.2 Å². The zero-order valence-corrected chi connectivity index (χ0v) is 10.9. The average Bonchev–Trinajstić information content (AvgIpc) is 2.57. The van der Waals surface area contributed by atoms with Crippen LogP contribution >= 0.6 is 0 Å². The van der Waals surface area contributed by atoms with Crippen LogP contribution in [0.5, 0.6) is 0 Å². The predicted molar refractivity (Wildman–Crippen MR) is 46.6 cm³/mol. The first-order chi connectivity index (χ1) is 5.88. The Bertz CT molecular complexity index is 375. The SMILES string of the molecule is Cc1ccccc1-c1cn[nH]n1.[Cl-].[Na+]. The summed E-state index contributed by atoms with van der Waals surface area (Å²) in [4.78, 5) is 0. The van der Waals surface area contributed by atoms with Gasteiger partial charge < -0.3 is 12.4 Å². The molecule has 0 aliphatic rings. The van der Waals surface area contributed by atoms with Gasteiger partial charge in [-0.1, -0.05) is 24.3 Å². The van der Waals surface area contributed by atoms with Crippen molar-refractivity contribution < 1.29 is 42.0 Å². The Morgan fingerprint density at radius 2 is 1.93 bits per heavy atom. The number of aromatic amines is 1. The van der Waals surface area contributed by atoms with Gasteiger partial charge in [0.1, 0.15) is 5.69 Å². The van der Waals surface area contributed by atoms with E-state index in [1.54, 1.807) is 6.20 Å². The van der Waals surface area contributed by atoms with Crippen molar-refractivity contribution in [1.29, 1.82) is 0 Å². The second-order valence-corrected chi connectivity index (χ2v) is 2.67. The van der Waals surface area contributed by atoms with Crippen LogP contribution in [0.1, 0.15) is 5.56 Å². The summed E-state index contributed by atoms with van der Waals surface area (Å²) in [5, 5.41) is 10.4. The molecule has 0 fully saturated rings. The molecule has 5 heteroatoms. The molecule has 14 heavy (non-hydrogen) atoms. The maximum atomic E-state index is 4.01. The molecule has 1 aromatic carbocycles. The van der Waals surface area contributed by atoms with Gasteiger partial charge in [0.2, 0.25) is 0 Å². The molecule has 0 saturated carbocycles. The second-order valence-electron chi connectivity index (χ2n) is 2.67. The van der Waals surface area contributed by atoms with Crippen molar-refractivity contribution in [2.75, 3.05) is 0 Å². The zero-order chi connectivity index (χ0) is 8.39. The van der Waals surface area contributed by atoms with Gasteiger partial charge in [0, 0.05) is 5.56 Å². The van der Waals surface area contributed by atoms with Gasteiger partial charge in [0.05, 0.1) is 6.20 Å². The number of aromatic nitrogens is 3. The molecule has 3 nitrogen and oxygen atoms in total. The van der Waals surface area contributed by atoms with Gasteiger partial charge in [-0.2, -0.15) is 15.4 Å². The first kappa shape index (κ1) is 13.7. The third-order valence-electron chi connectivity index (χ3n) is 1.84. The number of nitrogens with zero attached hydrogens (tertiary/aromatic N) is 2. The number of H-pyrrole nitrogens is 1. The molecule has 0 spiro atoms. The van der Waals surface area contributed by atoms with Crippen molar-refractivity contribution in [1.82, 2.24) is 15.4 Å². The van der Waals surface area contributed by atoms with Gasteiger partial charge in [-0.25, -0.2) is 0 Å². The van der Waals surface area contributed by atoms with Crippen LogP contribution in [0.4, 0.5) is 0 Å². The smallest absolute Gasteiger partial charge is 1.00 e. The van der Waals surface area contributed by atoms with Crippen LogP contribution < -0.4 is 42.0 Å². The zero-order valence-electron chi connectivity index (χ0n) is 8.16. The fourth-order valence-electron chi connectivity index (χ4n) is 1.19. The average molecular weight is 218 g/mol. The van der Waals surface area contributed by atoms with E-state index in [0.717, 1.165) is 11.3 Å². The van der Waals surface area contributed by atoms with Crippen molar-refractivity contribution in [3.05, 3.63) is 36.0 Å². The molecule has 0 bridgehead atoms. The number of benzene rings is 1. The predicted octanol–water partition coefficient (Wildman–Crippen LogP) is -4.21. The molecule has 0 aliphatic heterocycles. The summed E-state index contributed by atoms with van der Waals surface area (Å²) in [6.45, 7) is 2.06. The summed E-state index contributed by atoms with van der Waals surface area (Å²) in [5.41, 5.74) is 3.24. The standard InChI is InChI=1S/C9H9N3.ClH.Na/c1-7-4-2-3-5-8(7)9-6-10-12-11-9;;/h2-6H,1H3,(H,10,11,12);1H;/q;;+1/p-1. The Balaban J connectivity index is 0.000000845. The van der Waals surface area contributed by atoms with E-state index in [9.17, 15) is 0 Å². The van der Waals surface area contributed by atoms with E-state index in [2.05, 4.69) is 28.4 Å². The quantitative estimate of drug-likeness (QED) is 0.492. The van der Waals surface area contributed by atoms with Gasteiger partial charge >= 0.3 is 29.6 Å². The minimum atomic E-state index is 0. The van der Waals surface area contributed by atoms with E-state index >= 15 is 0 Å². The third kappa shape index (κ3) is 2.82. The third-order valence-corrected chi connectivity index (χ3v) is 1.84. The molecule has 68 valence electrons. The van der Waals surface area contributed by atoms with Gasteiger partial charge in [-0.15, -0.1) is 0 Å². The van der Waals surface area contributed by atoms with Crippen LogP contribution in [0.2, 0.25) is 0 Å². The Morgan fingerprint density at radius 1 is 1.21 bits per heavy atom. The Morgan fingerprint density at radius 3 is 2.50 bits per heavy atom. The molecule has 0 aliphatic carbocycles. The fraction of sp³-hybridized carbons (Fsp3) is 0.111. The molecule has 0 radical (unpaired) electrons. The molecule has 0 amide bonds. The molecule has 0 saturated heterocycles. The molecule has 0 atom stereocenters. The summed E-state index contributed by atoms with van der Waals surface area (Å²) in [6.07, 6.45) is 1.72. The normalized spacial score (nSPS) is 8.64. The molecule has 1 aromatic heterocycles. The number of halogens is 1. The molecule has 2 rings (SSSR count). The fourth-order valence-corrected chi connectivity index (χ4v) is 1.19.